The van der Waals surface area contributed by atoms with Crippen molar-refractivity contribution in [2.24, 2.45) is 17.6 Å². The molecule has 5 atom stereocenters. The SMILES string of the molecule is CC(C)=CCC[C@]1(C)C=Cc2c(O)c3c(c(CC=C(C)C)c2O1)O[C@]12C(=C[C@@H]4C[C@@H]1C(C)(C)O[C@H]2C4=O)C3=O.CC/C=C(/C)C(N)=O. The zero-order valence-electron chi connectivity index (χ0n) is 29.2. The van der Waals surface area contributed by atoms with Crippen LogP contribution in [0.3, 0.4) is 0 Å². The Labute approximate surface area is 278 Å². The van der Waals surface area contributed by atoms with Crippen molar-refractivity contribution < 1.29 is 33.7 Å². The molecule has 0 unspecified atom stereocenters. The molecule has 1 spiro atoms. The van der Waals surface area contributed by atoms with Crippen LogP contribution >= 0.6 is 0 Å². The van der Waals surface area contributed by atoms with Crippen molar-refractivity contribution in [3.05, 3.63) is 69.4 Å². The Morgan fingerprint density at radius 1 is 1.02 bits per heavy atom. The lowest BCUT2D eigenvalue weighted by Crippen LogP contribution is -2.65. The molecule has 47 heavy (non-hydrogen) atoms. The van der Waals surface area contributed by atoms with Crippen molar-refractivity contribution in [3.63, 3.8) is 0 Å². The predicted octanol–water partition coefficient (Wildman–Crippen LogP) is 7.28. The van der Waals surface area contributed by atoms with Gasteiger partial charge >= 0.3 is 0 Å². The molecule has 0 aromatic heterocycles. The van der Waals surface area contributed by atoms with Gasteiger partial charge in [-0.15, -0.1) is 0 Å². The number of primary amides is 1. The number of carbonyl (C=O) groups is 3. The Bertz CT molecular complexity index is 1680. The molecule has 8 nitrogen and oxygen atoms in total. The van der Waals surface area contributed by atoms with E-state index in [9.17, 15) is 19.5 Å². The van der Waals surface area contributed by atoms with Gasteiger partial charge < -0.3 is 25.1 Å². The van der Waals surface area contributed by atoms with Crippen molar-refractivity contribution in [2.45, 2.75) is 117 Å². The zero-order chi connectivity index (χ0) is 34.6. The molecule has 8 heteroatoms. The minimum Gasteiger partial charge on any atom is -0.506 e. The summed E-state index contributed by atoms with van der Waals surface area (Å²) in [6, 6.07) is 0. The maximum absolute atomic E-state index is 14.2. The number of hydrogen-bond acceptors (Lipinski definition) is 7. The van der Waals surface area contributed by atoms with E-state index in [1.54, 1.807) is 13.0 Å². The Kier molecular flexibility index (Phi) is 8.99. The van der Waals surface area contributed by atoms with Crippen LogP contribution in [-0.2, 0) is 20.7 Å². The van der Waals surface area contributed by atoms with E-state index in [4.69, 9.17) is 19.9 Å². The Balaban J connectivity index is 0.000000483. The number of Topliss-reactive ketones (excluding diaryl/α,β-unsaturated/α-hetero) is 2. The number of allylic oxidation sites excluding steroid dienone is 6. The molecule has 3 aliphatic heterocycles. The molecule has 4 bridgehead atoms. The van der Waals surface area contributed by atoms with Crippen LogP contribution in [-0.4, -0.2) is 45.5 Å². The van der Waals surface area contributed by atoms with Crippen LogP contribution in [0.1, 0.15) is 109 Å². The number of phenols is 1. The number of amides is 1. The van der Waals surface area contributed by atoms with E-state index in [1.807, 2.05) is 59.8 Å². The summed E-state index contributed by atoms with van der Waals surface area (Å²) in [6.07, 6.45) is 14.4. The highest BCUT2D eigenvalue weighted by Crippen LogP contribution is 2.64. The first-order valence-electron chi connectivity index (χ1n) is 16.7. The highest BCUT2D eigenvalue weighted by atomic mass is 16.6. The number of carbonyl (C=O) groups excluding carboxylic acids is 3. The largest absolute Gasteiger partial charge is 0.506 e. The van der Waals surface area contributed by atoms with Crippen molar-refractivity contribution >= 4 is 23.5 Å². The molecule has 1 aromatic carbocycles. The maximum Gasteiger partial charge on any atom is 0.244 e. The molecule has 3 N–H and O–H groups in total. The Morgan fingerprint density at radius 2 is 1.70 bits per heavy atom. The molecule has 252 valence electrons. The Morgan fingerprint density at radius 3 is 2.30 bits per heavy atom. The summed E-state index contributed by atoms with van der Waals surface area (Å²) in [5, 5.41) is 11.5. The molecular formula is C39H49NO7. The van der Waals surface area contributed by atoms with Crippen LogP contribution in [0.25, 0.3) is 6.08 Å². The van der Waals surface area contributed by atoms with Gasteiger partial charge in [-0.1, -0.05) is 42.4 Å². The number of ether oxygens (including phenoxy) is 3. The number of phenolic OH excluding ortho intramolecular Hbond substituents is 1. The van der Waals surface area contributed by atoms with Gasteiger partial charge in [0.15, 0.2) is 23.3 Å². The number of rotatable bonds is 7. The summed E-state index contributed by atoms with van der Waals surface area (Å²) in [7, 11) is 0. The lowest BCUT2D eigenvalue weighted by Gasteiger charge is -2.51. The van der Waals surface area contributed by atoms with Crippen molar-refractivity contribution in [1.29, 1.82) is 0 Å². The van der Waals surface area contributed by atoms with Crippen LogP contribution in [0, 0.1) is 11.8 Å². The standard InChI is InChI=1S/C33H38O6.C6H11NO/c1-17(2)9-8-13-32(7)14-12-20-26(35)24-27(36)22-15-19-16-23-31(5,6)39-30(25(19)34)33(22,23)38-29(24)21(28(20)37-32)11-10-18(3)4;1-3-4-5(2)6(7)8/h9-10,12,14-15,19,23,30,35H,8,11,13,16H2,1-7H3;4H,3H2,1-2H3,(H2,7,8)/b;5-4-/t19-,23-,30+,32-,33-;/m1./s1. The van der Waals surface area contributed by atoms with E-state index in [0.717, 1.165) is 30.4 Å². The van der Waals surface area contributed by atoms with Crippen molar-refractivity contribution in [2.75, 3.05) is 0 Å². The first-order valence-corrected chi connectivity index (χ1v) is 16.7. The van der Waals surface area contributed by atoms with Crippen LogP contribution in [0.15, 0.2) is 52.7 Å². The average molecular weight is 644 g/mol. The number of aromatic hydroxyl groups is 1. The van der Waals surface area contributed by atoms with E-state index >= 15 is 0 Å². The van der Waals surface area contributed by atoms with E-state index in [-0.39, 0.29) is 40.6 Å². The van der Waals surface area contributed by atoms with E-state index in [1.165, 1.54) is 5.57 Å². The fourth-order valence-electron chi connectivity index (χ4n) is 7.58. The number of ketones is 2. The van der Waals surface area contributed by atoms with Gasteiger partial charge in [0.1, 0.15) is 28.4 Å². The van der Waals surface area contributed by atoms with Crippen LogP contribution in [0.4, 0.5) is 0 Å². The van der Waals surface area contributed by atoms with Crippen molar-refractivity contribution in [3.8, 4) is 17.2 Å². The Hall–Kier alpha value is -3.91. The average Bonchev–Trinajstić information content (AvgIpc) is 3.16. The molecule has 0 radical (unpaired) electrons. The normalized spacial score (nSPS) is 28.8. The molecule has 7 rings (SSSR count). The lowest BCUT2D eigenvalue weighted by atomic mass is 9.56. The van der Waals surface area contributed by atoms with Gasteiger partial charge in [0, 0.05) is 28.5 Å². The number of fused-ring (bicyclic) bond motifs is 2. The van der Waals surface area contributed by atoms with Gasteiger partial charge in [0.25, 0.3) is 0 Å². The first kappa shape index (κ1) is 34.4. The topological polar surface area (TPSA) is 125 Å². The molecule has 6 aliphatic rings. The maximum atomic E-state index is 14.2. The van der Waals surface area contributed by atoms with E-state index in [0.29, 0.717) is 41.1 Å². The third kappa shape index (κ3) is 5.79. The van der Waals surface area contributed by atoms with Gasteiger partial charge in [-0.25, -0.2) is 0 Å². The van der Waals surface area contributed by atoms with Gasteiger partial charge in [-0.2, -0.15) is 0 Å². The second-order valence-corrected chi connectivity index (χ2v) is 14.7. The van der Waals surface area contributed by atoms with Crippen LogP contribution in [0.5, 0.6) is 17.2 Å². The molecule has 1 saturated heterocycles. The van der Waals surface area contributed by atoms with E-state index in [2.05, 4.69) is 26.0 Å². The second kappa shape index (κ2) is 12.3. The molecule has 2 fully saturated rings. The fraction of sp³-hybridized carbons (Fsp3) is 0.513. The summed E-state index contributed by atoms with van der Waals surface area (Å²) in [4.78, 5) is 37.9. The van der Waals surface area contributed by atoms with Gasteiger partial charge in [-0.3, -0.25) is 14.4 Å². The van der Waals surface area contributed by atoms with E-state index < -0.39 is 22.9 Å². The summed E-state index contributed by atoms with van der Waals surface area (Å²) >= 11 is 0. The highest BCUT2D eigenvalue weighted by Gasteiger charge is 2.74. The predicted molar refractivity (Wildman–Crippen MR) is 183 cm³/mol. The smallest absolute Gasteiger partial charge is 0.244 e. The molecule has 1 saturated carbocycles. The van der Waals surface area contributed by atoms with Gasteiger partial charge in [-0.05, 0) is 99.6 Å². The summed E-state index contributed by atoms with van der Waals surface area (Å²) in [5.41, 5.74) is 7.32. The zero-order valence-corrected chi connectivity index (χ0v) is 29.2. The number of benzene rings is 1. The molecule has 3 heterocycles. The summed E-state index contributed by atoms with van der Waals surface area (Å²) in [5.74, 6) is -0.466. The quantitative estimate of drug-likeness (QED) is 0.236. The minimum absolute atomic E-state index is 0.0316. The molecule has 1 aromatic rings. The minimum atomic E-state index is -1.20. The summed E-state index contributed by atoms with van der Waals surface area (Å²) < 4.78 is 19.9. The third-order valence-corrected chi connectivity index (χ3v) is 10.1. The fourth-order valence-corrected chi connectivity index (χ4v) is 7.58. The molecular weight excluding hydrogens is 594 g/mol. The first-order chi connectivity index (χ1) is 22.0. The lowest BCUT2D eigenvalue weighted by molar-refractivity contribution is -0.145. The monoisotopic (exact) mass is 643 g/mol. The molecule has 1 amide bonds. The third-order valence-electron chi connectivity index (χ3n) is 10.1. The van der Waals surface area contributed by atoms with Crippen LogP contribution < -0.4 is 15.2 Å². The van der Waals surface area contributed by atoms with Gasteiger partial charge in [0.05, 0.1) is 11.2 Å². The molecule has 3 aliphatic carbocycles. The van der Waals surface area contributed by atoms with Crippen LogP contribution in [0.2, 0.25) is 0 Å². The number of nitrogens with two attached hydrogens (primary N) is 1. The highest BCUT2D eigenvalue weighted by molar-refractivity contribution is 6.18. The number of hydrogen-bond donors (Lipinski definition) is 2. The second-order valence-electron chi connectivity index (χ2n) is 14.7. The van der Waals surface area contributed by atoms with Gasteiger partial charge in [0.2, 0.25) is 5.91 Å². The van der Waals surface area contributed by atoms with Crippen molar-refractivity contribution in [1.82, 2.24) is 0 Å². The summed E-state index contributed by atoms with van der Waals surface area (Å²) in [6.45, 7) is 17.9.